The quantitative estimate of drug-likeness (QED) is 0.735. The van der Waals surface area contributed by atoms with Crippen molar-refractivity contribution in [3.8, 4) is 0 Å². The molecule has 0 aromatic heterocycles. The van der Waals surface area contributed by atoms with E-state index in [1.807, 2.05) is 0 Å². The molecule has 2 saturated heterocycles. The Morgan fingerprint density at radius 1 is 0.793 bits per heavy atom. The normalized spacial score (nSPS) is 39.1. The van der Waals surface area contributed by atoms with E-state index < -0.39 is 0 Å². The number of piperazine rings is 1. The molecule has 3 unspecified atom stereocenters. The minimum Gasteiger partial charge on any atom is -0.372 e. The summed E-state index contributed by atoms with van der Waals surface area (Å²) in [5, 5.41) is 7.30. The van der Waals surface area contributed by atoms with E-state index in [0.29, 0.717) is 5.41 Å². The Morgan fingerprint density at radius 2 is 1.41 bits per heavy atom. The van der Waals surface area contributed by atoms with Gasteiger partial charge in [0.1, 0.15) is 0 Å². The van der Waals surface area contributed by atoms with Gasteiger partial charge in [-0.25, -0.2) is 0 Å². The summed E-state index contributed by atoms with van der Waals surface area (Å²) in [7, 11) is 0. The first-order chi connectivity index (χ1) is 14.0. The van der Waals surface area contributed by atoms with Gasteiger partial charge in [0.05, 0.1) is 0 Å². The SMILES string of the molecule is C=C(C1CCC(C2CCC3NCNC3C2)CC1)N1CCN(C(=C)C2(C)CC2)CC1. The second-order valence-corrected chi connectivity index (χ2v) is 11.0. The van der Waals surface area contributed by atoms with E-state index >= 15 is 0 Å². The summed E-state index contributed by atoms with van der Waals surface area (Å²) in [5.41, 5.74) is 3.25. The molecule has 2 heterocycles. The summed E-state index contributed by atoms with van der Waals surface area (Å²) in [6, 6.07) is 1.49. The zero-order chi connectivity index (χ0) is 20.0. The summed E-state index contributed by atoms with van der Waals surface area (Å²) in [6.45, 7) is 16.9. The van der Waals surface area contributed by atoms with Crippen LogP contribution in [0.2, 0.25) is 0 Å². The fourth-order valence-electron chi connectivity index (χ4n) is 6.73. The third-order valence-electron chi connectivity index (χ3n) is 9.29. The molecule has 162 valence electrons. The van der Waals surface area contributed by atoms with Gasteiger partial charge in [-0.15, -0.1) is 0 Å². The van der Waals surface area contributed by atoms with Crippen LogP contribution in [0.15, 0.2) is 24.6 Å². The predicted octanol–water partition coefficient (Wildman–Crippen LogP) is 3.93. The van der Waals surface area contributed by atoms with Gasteiger partial charge in [-0.1, -0.05) is 20.1 Å². The van der Waals surface area contributed by atoms with Crippen molar-refractivity contribution in [2.24, 2.45) is 23.2 Å². The molecule has 5 rings (SSSR count). The monoisotopic (exact) mass is 398 g/mol. The molecule has 2 N–H and O–H groups in total. The molecule has 5 fully saturated rings. The molecule has 0 aromatic rings. The molecular formula is C25H42N4. The molecule has 4 nitrogen and oxygen atoms in total. The average molecular weight is 399 g/mol. The van der Waals surface area contributed by atoms with Gasteiger partial charge in [0.15, 0.2) is 0 Å². The molecular weight excluding hydrogens is 356 g/mol. The number of rotatable bonds is 5. The molecule has 3 aliphatic carbocycles. The Labute approximate surface area is 178 Å². The lowest BCUT2D eigenvalue weighted by Gasteiger charge is -2.44. The number of nitrogens with one attached hydrogen (secondary N) is 2. The number of hydrogen-bond acceptors (Lipinski definition) is 4. The molecule has 0 bridgehead atoms. The highest BCUT2D eigenvalue weighted by atomic mass is 15.3. The van der Waals surface area contributed by atoms with Crippen molar-refractivity contribution in [1.82, 2.24) is 20.4 Å². The van der Waals surface area contributed by atoms with Crippen LogP contribution in [0.5, 0.6) is 0 Å². The standard InChI is InChI=1S/C25H42N4/c1-18(28-12-14-29(15-13-28)19(2)25(3)10-11-25)20-4-6-21(7-5-20)22-8-9-23-24(16-22)27-17-26-23/h20-24,26-27H,1-2,4-17H2,3H3. The van der Waals surface area contributed by atoms with Crippen molar-refractivity contribution in [3.63, 3.8) is 0 Å². The van der Waals surface area contributed by atoms with Crippen LogP contribution in [0.25, 0.3) is 0 Å². The number of nitrogens with zero attached hydrogens (tertiary/aromatic N) is 2. The highest BCUT2D eigenvalue weighted by Gasteiger charge is 2.43. The van der Waals surface area contributed by atoms with Crippen LogP contribution in [-0.2, 0) is 0 Å². The Balaban J connectivity index is 1.07. The van der Waals surface area contributed by atoms with Gasteiger partial charge < -0.3 is 20.4 Å². The zero-order valence-electron chi connectivity index (χ0n) is 18.6. The topological polar surface area (TPSA) is 30.5 Å². The van der Waals surface area contributed by atoms with Gasteiger partial charge in [-0.05, 0) is 75.5 Å². The third-order valence-corrected chi connectivity index (χ3v) is 9.29. The molecule has 0 spiro atoms. The van der Waals surface area contributed by atoms with Crippen LogP contribution in [0.1, 0.15) is 64.7 Å². The lowest BCUT2D eigenvalue weighted by Crippen LogP contribution is -2.47. The highest BCUT2D eigenvalue weighted by molar-refractivity contribution is 5.17. The first-order valence-electron chi connectivity index (χ1n) is 12.4. The van der Waals surface area contributed by atoms with Crippen LogP contribution in [0, 0.1) is 23.2 Å². The first-order valence-corrected chi connectivity index (χ1v) is 12.4. The van der Waals surface area contributed by atoms with Crippen LogP contribution >= 0.6 is 0 Å². The summed E-state index contributed by atoms with van der Waals surface area (Å²) >= 11 is 0. The van der Waals surface area contributed by atoms with Crippen LogP contribution in [-0.4, -0.2) is 54.7 Å². The van der Waals surface area contributed by atoms with E-state index in [2.05, 4.69) is 40.5 Å². The fraction of sp³-hybridized carbons (Fsp3) is 0.840. The third kappa shape index (κ3) is 3.99. The smallest absolute Gasteiger partial charge is 0.0459 e. The number of fused-ring (bicyclic) bond motifs is 1. The molecule has 3 saturated carbocycles. The number of allylic oxidation sites excluding steroid dienone is 2. The van der Waals surface area contributed by atoms with Crippen LogP contribution in [0.3, 0.4) is 0 Å². The van der Waals surface area contributed by atoms with Crippen molar-refractivity contribution in [2.45, 2.75) is 76.8 Å². The summed E-state index contributed by atoms with van der Waals surface area (Å²) < 4.78 is 0. The molecule has 2 aliphatic heterocycles. The maximum absolute atomic E-state index is 4.58. The molecule has 4 heteroatoms. The van der Waals surface area contributed by atoms with E-state index in [1.54, 1.807) is 0 Å². The second kappa shape index (κ2) is 7.92. The fourth-order valence-corrected chi connectivity index (χ4v) is 6.73. The van der Waals surface area contributed by atoms with Gasteiger partial charge in [0, 0.05) is 61.7 Å². The van der Waals surface area contributed by atoms with Crippen molar-refractivity contribution < 1.29 is 0 Å². The van der Waals surface area contributed by atoms with E-state index in [9.17, 15) is 0 Å². The predicted molar refractivity (Wildman–Crippen MR) is 120 cm³/mol. The molecule has 0 radical (unpaired) electrons. The Morgan fingerprint density at radius 3 is 2.10 bits per heavy atom. The van der Waals surface area contributed by atoms with Gasteiger partial charge in [0.25, 0.3) is 0 Å². The van der Waals surface area contributed by atoms with Gasteiger partial charge in [-0.2, -0.15) is 0 Å². The van der Waals surface area contributed by atoms with Crippen molar-refractivity contribution >= 4 is 0 Å². The minimum atomic E-state index is 0.417. The van der Waals surface area contributed by atoms with Crippen LogP contribution < -0.4 is 10.6 Å². The summed E-state index contributed by atoms with van der Waals surface area (Å²) in [4.78, 5) is 5.15. The first kappa shape index (κ1) is 19.9. The molecule has 5 aliphatic rings. The summed E-state index contributed by atoms with van der Waals surface area (Å²) in [5.74, 6) is 2.64. The van der Waals surface area contributed by atoms with Crippen LogP contribution in [0.4, 0.5) is 0 Å². The van der Waals surface area contributed by atoms with E-state index in [1.165, 1.54) is 69.2 Å². The largest absolute Gasteiger partial charge is 0.372 e. The Hall–Kier alpha value is -1.00. The Bertz CT molecular complexity index is 623. The second-order valence-electron chi connectivity index (χ2n) is 11.0. The highest BCUT2D eigenvalue weighted by Crippen LogP contribution is 2.52. The average Bonchev–Trinajstić information content (AvgIpc) is 3.34. The molecule has 0 aromatic carbocycles. The van der Waals surface area contributed by atoms with Gasteiger partial charge in [-0.3, -0.25) is 0 Å². The van der Waals surface area contributed by atoms with E-state index in [-0.39, 0.29) is 0 Å². The van der Waals surface area contributed by atoms with E-state index in [0.717, 1.165) is 62.7 Å². The van der Waals surface area contributed by atoms with Gasteiger partial charge in [0.2, 0.25) is 0 Å². The Kier molecular flexibility index (Phi) is 5.45. The maximum atomic E-state index is 4.58. The van der Waals surface area contributed by atoms with Crippen molar-refractivity contribution in [3.05, 3.63) is 24.6 Å². The summed E-state index contributed by atoms with van der Waals surface area (Å²) in [6.07, 6.45) is 12.5. The lowest BCUT2D eigenvalue weighted by molar-refractivity contribution is 0.130. The van der Waals surface area contributed by atoms with E-state index in [4.69, 9.17) is 0 Å². The lowest BCUT2D eigenvalue weighted by atomic mass is 9.69. The maximum Gasteiger partial charge on any atom is 0.0459 e. The molecule has 29 heavy (non-hydrogen) atoms. The zero-order valence-corrected chi connectivity index (χ0v) is 18.6. The number of hydrogen-bond donors (Lipinski definition) is 2. The van der Waals surface area contributed by atoms with Crippen molar-refractivity contribution in [2.75, 3.05) is 32.8 Å². The minimum absolute atomic E-state index is 0.417. The van der Waals surface area contributed by atoms with Crippen molar-refractivity contribution in [1.29, 1.82) is 0 Å². The molecule has 0 amide bonds. The van der Waals surface area contributed by atoms with Gasteiger partial charge >= 0.3 is 0 Å². The molecule has 3 atom stereocenters.